The van der Waals surface area contributed by atoms with E-state index in [-0.39, 0.29) is 0 Å². The maximum Gasteiger partial charge on any atom is 0.152 e. The Hall–Kier alpha value is -1.73. The first-order chi connectivity index (χ1) is 10.3. The van der Waals surface area contributed by atoms with Gasteiger partial charge < -0.3 is 0 Å². The van der Waals surface area contributed by atoms with Crippen molar-refractivity contribution in [2.24, 2.45) is 11.8 Å². The molecule has 0 N–H and O–H groups in total. The van der Waals surface area contributed by atoms with Gasteiger partial charge in [-0.1, -0.05) is 43.5 Å². The van der Waals surface area contributed by atoms with E-state index in [2.05, 4.69) is 43.0 Å². The minimum Gasteiger partial charge on any atom is -0.183 e. The molecule has 0 heterocycles. The maximum absolute atomic E-state index is 8.49. The highest BCUT2D eigenvalue weighted by atomic mass is 14.2. The lowest BCUT2D eigenvalue weighted by Crippen LogP contribution is -2.14. The van der Waals surface area contributed by atoms with Crippen LogP contribution in [0.15, 0.2) is 24.3 Å². The summed E-state index contributed by atoms with van der Waals surface area (Å²) in [6, 6.07) is 11.1. The second-order valence-electron chi connectivity index (χ2n) is 6.20. The van der Waals surface area contributed by atoms with Crippen LogP contribution in [0.3, 0.4) is 0 Å². The summed E-state index contributed by atoms with van der Waals surface area (Å²) in [4.78, 5) is 0. The van der Waals surface area contributed by atoms with Crippen LogP contribution in [0.1, 0.15) is 56.6 Å². The smallest absolute Gasteiger partial charge is 0.152 e. The van der Waals surface area contributed by atoms with Crippen molar-refractivity contribution in [3.63, 3.8) is 0 Å². The summed E-state index contributed by atoms with van der Waals surface area (Å²) in [6.45, 7) is 2.23. The highest BCUT2D eigenvalue weighted by molar-refractivity contribution is 5.23. The second kappa shape index (κ2) is 8.53. The van der Waals surface area contributed by atoms with Crippen molar-refractivity contribution in [1.82, 2.24) is 0 Å². The molecule has 1 aromatic rings. The minimum atomic E-state index is 0.467. The minimum absolute atomic E-state index is 0.467. The Morgan fingerprint density at radius 3 is 2.19 bits per heavy atom. The predicted molar refractivity (Wildman–Crippen MR) is 87.6 cm³/mol. The molecule has 0 aliphatic heterocycles. The van der Waals surface area contributed by atoms with Crippen LogP contribution in [0.5, 0.6) is 0 Å². The fraction of sp³-hybridized carbons (Fsp3) is 0.550. The van der Waals surface area contributed by atoms with E-state index in [4.69, 9.17) is 5.26 Å². The summed E-state index contributed by atoms with van der Waals surface area (Å²) >= 11 is 0. The molecule has 0 saturated heterocycles. The van der Waals surface area contributed by atoms with Gasteiger partial charge in [0.1, 0.15) is 0 Å². The number of benzene rings is 1. The third-order valence-corrected chi connectivity index (χ3v) is 4.58. The van der Waals surface area contributed by atoms with Gasteiger partial charge in [-0.15, -0.1) is 0 Å². The zero-order valence-electron chi connectivity index (χ0n) is 13.1. The quantitative estimate of drug-likeness (QED) is 0.703. The van der Waals surface area contributed by atoms with Gasteiger partial charge in [0.05, 0.1) is 0 Å². The van der Waals surface area contributed by atoms with E-state index in [9.17, 15) is 0 Å². The average Bonchev–Trinajstić information content (AvgIpc) is 2.53. The number of nitriles is 1. The number of rotatable bonds is 5. The zero-order chi connectivity index (χ0) is 14.9. The van der Waals surface area contributed by atoms with E-state index in [0.29, 0.717) is 5.92 Å². The summed E-state index contributed by atoms with van der Waals surface area (Å²) in [6.07, 6.45) is 9.81. The second-order valence-corrected chi connectivity index (χ2v) is 6.20. The average molecular weight is 279 g/mol. The highest BCUT2D eigenvalue weighted by Crippen LogP contribution is 2.31. The van der Waals surface area contributed by atoms with Gasteiger partial charge >= 0.3 is 0 Å². The van der Waals surface area contributed by atoms with Crippen LogP contribution in [0.4, 0.5) is 0 Å². The third kappa shape index (κ3) is 5.28. The standard InChI is InChI=1S/C20H25N/c1-2-4-17-6-10-19(11-7-17)14-15-20-12-8-18(9-13-20)5-3-16-21/h6-7,10-11,18,20H,2,4,8-9,12-15H2,1H3/t18-,20-. The van der Waals surface area contributed by atoms with Crippen LogP contribution < -0.4 is 0 Å². The van der Waals surface area contributed by atoms with Gasteiger partial charge in [0.25, 0.3) is 0 Å². The lowest BCUT2D eigenvalue weighted by molar-refractivity contribution is 0.302. The molecule has 1 saturated carbocycles. The van der Waals surface area contributed by atoms with Crippen molar-refractivity contribution in [2.75, 3.05) is 0 Å². The van der Waals surface area contributed by atoms with Crippen molar-refractivity contribution in [1.29, 1.82) is 5.26 Å². The maximum atomic E-state index is 8.49. The van der Waals surface area contributed by atoms with Gasteiger partial charge in [-0.25, -0.2) is 0 Å². The molecule has 0 aromatic heterocycles. The summed E-state index contributed by atoms with van der Waals surface area (Å²) in [5.41, 5.74) is 2.93. The number of hydrogen-bond acceptors (Lipinski definition) is 1. The molecule has 1 heteroatoms. The number of aryl methyl sites for hydroxylation is 2. The normalized spacial score (nSPS) is 21.1. The molecule has 1 aliphatic carbocycles. The largest absolute Gasteiger partial charge is 0.183 e. The van der Waals surface area contributed by atoms with E-state index in [1.54, 1.807) is 0 Å². The Kier molecular flexibility index (Phi) is 6.36. The van der Waals surface area contributed by atoms with E-state index in [1.165, 1.54) is 62.5 Å². The van der Waals surface area contributed by atoms with Gasteiger partial charge in [0.15, 0.2) is 6.07 Å². The molecule has 0 amide bonds. The lowest BCUT2D eigenvalue weighted by Gasteiger charge is -2.25. The van der Waals surface area contributed by atoms with E-state index in [0.717, 1.165) is 5.92 Å². The lowest BCUT2D eigenvalue weighted by atomic mass is 9.80. The first-order valence-corrected chi connectivity index (χ1v) is 8.29. The van der Waals surface area contributed by atoms with Gasteiger partial charge in [-0.3, -0.25) is 0 Å². The molecular weight excluding hydrogens is 254 g/mol. The molecule has 1 fully saturated rings. The van der Waals surface area contributed by atoms with Gasteiger partial charge in [0.2, 0.25) is 0 Å². The Labute approximate surface area is 129 Å². The highest BCUT2D eigenvalue weighted by Gasteiger charge is 2.19. The van der Waals surface area contributed by atoms with Crippen LogP contribution in [0, 0.1) is 35.0 Å². The summed E-state index contributed by atoms with van der Waals surface area (Å²) in [5.74, 6) is 6.95. The Morgan fingerprint density at radius 1 is 1.00 bits per heavy atom. The van der Waals surface area contributed by atoms with Gasteiger partial charge in [-0.05, 0) is 62.0 Å². The van der Waals surface area contributed by atoms with Crippen LogP contribution in [0.25, 0.3) is 0 Å². The van der Waals surface area contributed by atoms with Crippen molar-refractivity contribution >= 4 is 0 Å². The molecular formula is C20H25N. The Morgan fingerprint density at radius 2 is 1.62 bits per heavy atom. The molecule has 0 spiro atoms. The van der Waals surface area contributed by atoms with Crippen LogP contribution in [-0.4, -0.2) is 0 Å². The van der Waals surface area contributed by atoms with Crippen LogP contribution in [0.2, 0.25) is 0 Å². The molecule has 0 radical (unpaired) electrons. The molecule has 0 unspecified atom stereocenters. The molecule has 0 atom stereocenters. The first kappa shape index (κ1) is 15.7. The summed E-state index contributed by atoms with van der Waals surface area (Å²) < 4.78 is 0. The molecule has 1 nitrogen and oxygen atoms in total. The van der Waals surface area contributed by atoms with E-state index >= 15 is 0 Å². The van der Waals surface area contributed by atoms with Gasteiger partial charge in [-0.2, -0.15) is 5.26 Å². The molecule has 0 bridgehead atoms. The third-order valence-electron chi connectivity index (χ3n) is 4.58. The molecule has 1 aromatic carbocycles. The monoisotopic (exact) mass is 279 g/mol. The molecule has 21 heavy (non-hydrogen) atoms. The van der Waals surface area contributed by atoms with Gasteiger partial charge in [0, 0.05) is 11.8 Å². The van der Waals surface area contributed by atoms with Crippen molar-refractivity contribution in [2.45, 2.75) is 58.3 Å². The topological polar surface area (TPSA) is 23.8 Å². The van der Waals surface area contributed by atoms with Crippen molar-refractivity contribution in [3.8, 4) is 17.9 Å². The first-order valence-electron chi connectivity index (χ1n) is 8.29. The van der Waals surface area contributed by atoms with Crippen LogP contribution in [-0.2, 0) is 12.8 Å². The fourth-order valence-corrected chi connectivity index (χ4v) is 3.26. The summed E-state index contributed by atoms with van der Waals surface area (Å²) in [7, 11) is 0. The molecule has 1 aliphatic rings. The summed E-state index contributed by atoms with van der Waals surface area (Å²) in [5, 5.41) is 8.49. The van der Waals surface area contributed by atoms with Crippen molar-refractivity contribution in [3.05, 3.63) is 35.4 Å². The van der Waals surface area contributed by atoms with Crippen LogP contribution >= 0.6 is 0 Å². The zero-order valence-corrected chi connectivity index (χ0v) is 13.1. The molecule has 2 rings (SSSR count). The van der Waals surface area contributed by atoms with E-state index < -0.39 is 0 Å². The molecule has 110 valence electrons. The number of hydrogen-bond donors (Lipinski definition) is 0. The SMILES string of the molecule is CCCc1ccc(CC[C@H]2CC[C@H](C#CC#N)CC2)cc1. The number of nitrogens with zero attached hydrogens (tertiary/aromatic N) is 1. The Bertz CT molecular complexity index is 516. The fourth-order valence-electron chi connectivity index (χ4n) is 3.26. The van der Waals surface area contributed by atoms with E-state index in [1.807, 2.05) is 6.07 Å². The predicted octanol–water partition coefficient (Wildman–Crippen LogP) is 4.91. The Balaban J connectivity index is 1.73. The van der Waals surface area contributed by atoms with Crippen molar-refractivity contribution < 1.29 is 0 Å².